The van der Waals surface area contributed by atoms with E-state index in [1.807, 2.05) is 34.9 Å². The maximum atomic E-state index is 12.7. The monoisotopic (exact) mass is 377 g/mol. The Labute approximate surface area is 163 Å². The van der Waals surface area contributed by atoms with Gasteiger partial charge in [0.15, 0.2) is 11.5 Å². The van der Waals surface area contributed by atoms with Gasteiger partial charge in [0.25, 0.3) is 5.91 Å². The number of amides is 1. The van der Waals surface area contributed by atoms with Gasteiger partial charge >= 0.3 is 0 Å². The molecule has 3 heterocycles. The molecule has 1 fully saturated rings. The van der Waals surface area contributed by atoms with Gasteiger partial charge in [-0.3, -0.25) is 4.79 Å². The molecular formula is C22H23N3O3. The number of hydrogen-bond acceptors (Lipinski definition) is 4. The van der Waals surface area contributed by atoms with Crippen LogP contribution in [0.1, 0.15) is 41.7 Å². The molecule has 28 heavy (non-hydrogen) atoms. The predicted octanol–water partition coefficient (Wildman–Crippen LogP) is 3.35. The van der Waals surface area contributed by atoms with Crippen LogP contribution in [0.4, 0.5) is 0 Å². The van der Waals surface area contributed by atoms with E-state index in [0.717, 1.165) is 30.0 Å². The second-order valence-corrected chi connectivity index (χ2v) is 7.62. The summed E-state index contributed by atoms with van der Waals surface area (Å²) in [4.78, 5) is 17.2. The minimum absolute atomic E-state index is 0.0648. The Kier molecular flexibility index (Phi) is 4.19. The maximum Gasteiger partial charge on any atom is 0.271 e. The maximum absolute atomic E-state index is 12.7. The molecule has 1 saturated carbocycles. The van der Waals surface area contributed by atoms with Crippen molar-refractivity contribution in [3.63, 3.8) is 0 Å². The van der Waals surface area contributed by atoms with Crippen molar-refractivity contribution in [3.05, 3.63) is 60.0 Å². The summed E-state index contributed by atoms with van der Waals surface area (Å²) in [5.74, 6) is 1.48. The highest BCUT2D eigenvalue weighted by Gasteiger charge is 2.37. The molecule has 0 spiro atoms. The molecule has 0 radical (unpaired) electrons. The summed E-state index contributed by atoms with van der Waals surface area (Å²) >= 11 is 0. The second-order valence-electron chi connectivity index (χ2n) is 7.62. The lowest BCUT2D eigenvalue weighted by Gasteiger charge is -2.31. The number of imidazole rings is 1. The summed E-state index contributed by atoms with van der Waals surface area (Å²) in [5, 5.41) is 3.13. The molecule has 144 valence electrons. The van der Waals surface area contributed by atoms with E-state index in [9.17, 15) is 4.79 Å². The quantitative estimate of drug-likeness (QED) is 0.757. The summed E-state index contributed by atoms with van der Waals surface area (Å²) in [6.07, 6.45) is 8.11. The van der Waals surface area contributed by atoms with Gasteiger partial charge in [-0.05, 0) is 42.7 Å². The summed E-state index contributed by atoms with van der Waals surface area (Å²) < 4.78 is 13.3. The van der Waals surface area contributed by atoms with Crippen molar-refractivity contribution < 1.29 is 14.3 Å². The summed E-state index contributed by atoms with van der Waals surface area (Å²) in [6, 6.07) is 11.9. The zero-order chi connectivity index (χ0) is 19.0. The Hall–Kier alpha value is -3.02. The Morgan fingerprint density at radius 1 is 1.11 bits per heavy atom. The highest BCUT2D eigenvalue weighted by molar-refractivity contribution is 5.92. The molecule has 1 aliphatic carbocycles. The fourth-order valence-corrected chi connectivity index (χ4v) is 4.38. The number of hydrogen-bond donors (Lipinski definition) is 1. The molecule has 5 rings (SSSR count). The van der Waals surface area contributed by atoms with Gasteiger partial charge in [0.05, 0.1) is 0 Å². The lowest BCUT2D eigenvalue weighted by atomic mass is 9.78. The van der Waals surface area contributed by atoms with Gasteiger partial charge in [-0.15, -0.1) is 0 Å². The minimum Gasteiger partial charge on any atom is -0.486 e. The third-order valence-electron chi connectivity index (χ3n) is 5.90. The second kappa shape index (κ2) is 6.86. The molecule has 6 nitrogen and oxygen atoms in total. The molecule has 0 atom stereocenters. The molecule has 1 N–H and O–H groups in total. The zero-order valence-electron chi connectivity index (χ0n) is 15.7. The number of rotatable bonds is 4. The van der Waals surface area contributed by atoms with E-state index in [1.165, 1.54) is 18.4 Å². The van der Waals surface area contributed by atoms with Crippen molar-refractivity contribution in [1.29, 1.82) is 0 Å². The standard InChI is InChI=1S/C22H23N3O3/c26-21(17-14-25-10-4-1-5-20(25)24-17)23-15-22(8-2-3-9-22)16-6-7-18-19(13-16)28-12-11-27-18/h1,4-7,10,13-14H,2-3,8-9,11-12,15H2,(H,23,26). The lowest BCUT2D eigenvalue weighted by Crippen LogP contribution is -2.39. The van der Waals surface area contributed by atoms with E-state index in [2.05, 4.69) is 22.4 Å². The van der Waals surface area contributed by atoms with E-state index in [4.69, 9.17) is 9.47 Å². The number of aromatic nitrogens is 2. The van der Waals surface area contributed by atoms with Gasteiger partial charge in [-0.2, -0.15) is 0 Å². The highest BCUT2D eigenvalue weighted by Crippen LogP contribution is 2.43. The zero-order valence-corrected chi connectivity index (χ0v) is 15.7. The topological polar surface area (TPSA) is 64.9 Å². The Morgan fingerprint density at radius 3 is 2.75 bits per heavy atom. The van der Waals surface area contributed by atoms with E-state index in [0.29, 0.717) is 25.5 Å². The van der Waals surface area contributed by atoms with E-state index in [-0.39, 0.29) is 11.3 Å². The SMILES string of the molecule is O=C(NCC1(c2ccc3c(c2)OCCO3)CCCC1)c1cn2ccccc2n1. The number of carbonyl (C=O) groups is 1. The first-order valence-corrected chi connectivity index (χ1v) is 9.86. The first-order chi connectivity index (χ1) is 13.7. The van der Waals surface area contributed by atoms with Crippen LogP contribution in [0.2, 0.25) is 0 Å². The van der Waals surface area contributed by atoms with Crippen LogP contribution in [0.15, 0.2) is 48.8 Å². The van der Waals surface area contributed by atoms with Gasteiger partial charge in [-0.1, -0.05) is 25.0 Å². The lowest BCUT2D eigenvalue weighted by molar-refractivity contribution is 0.0938. The molecule has 3 aromatic rings. The van der Waals surface area contributed by atoms with E-state index in [1.54, 1.807) is 6.20 Å². The normalized spacial score (nSPS) is 17.6. The van der Waals surface area contributed by atoms with Gasteiger partial charge in [-0.25, -0.2) is 4.98 Å². The molecule has 0 saturated heterocycles. The molecule has 6 heteroatoms. The molecule has 2 aliphatic rings. The van der Waals surface area contributed by atoms with Crippen molar-refractivity contribution in [2.24, 2.45) is 0 Å². The van der Waals surface area contributed by atoms with Crippen LogP contribution in [-0.4, -0.2) is 35.1 Å². The Bertz CT molecular complexity index is 988. The van der Waals surface area contributed by atoms with Crippen LogP contribution < -0.4 is 14.8 Å². The van der Waals surface area contributed by atoms with Gasteiger partial charge in [0.2, 0.25) is 0 Å². The van der Waals surface area contributed by atoms with E-state index >= 15 is 0 Å². The number of fused-ring (bicyclic) bond motifs is 2. The van der Waals surface area contributed by atoms with Gasteiger partial charge < -0.3 is 19.2 Å². The highest BCUT2D eigenvalue weighted by atomic mass is 16.6. The largest absolute Gasteiger partial charge is 0.486 e. The minimum atomic E-state index is -0.132. The third-order valence-corrected chi connectivity index (χ3v) is 5.90. The molecule has 0 bridgehead atoms. The van der Waals surface area contributed by atoms with Crippen LogP contribution in [0, 0.1) is 0 Å². The summed E-state index contributed by atoms with van der Waals surface area (Å²) in [7, 11) is 0. The van der Waals surface area contributed by atoms with Crippen molar-refractivity contribution in [1.82, 2.24) is 14.7 Å². The van der Waals surface area contributed by atoms with Gasteiger partial charge in [0, 0.05) is 24.4 Å². The number of ether oxygens (including phenoxy) is 2. The fourth-order valence-electron chi connectivity index (χ4n) is 4.38. The molecule has 1 aliphatic heterocycles. The fraction of sp³-hybridized carbons (Fsp3) is 0.364. The van der Waals surface area contributed by atoms with Crippen LogP contribution in [-0.2, 0) is 5.41 Å². The number of benzene rings is 1. The Balaban J connectivity index is 1.37. The van der Waals surface area contributed by atoms with Crippen LogP contribution in [0.25, 0.3) is 5.65 Å². The van der Waals surface area contributed by atoms with Crippen LogP contribution in [0.3, 0.4) is 0 Å². The first-order valence-electron chi connectivity index (χ1n) is 9.86. The van der Waals surface area contributed by atoms with Crippen molar-refractivity contribution in [3.8, 4) is 11.5 Å². The Morgan fingerprint density at radius 2 is 1.93 bits per heavy atom. The van der Waals surface area contributed by atoms with Crippen molar-refractivity contribution in [2.45, 2.75) is 31.1 Å². The number of nitrogens with zero attached hydrogens (tertiary/aromatic N) is 2. The predicted molar refractivity (Wildman–Crippen MR) is 105 cm³/mol. The number of pyridine rings is 1. The smallest absolute Gasteiger partial charge is 0.271 e. The van der Waals surface area contributed by atoms with Crippen molar-refractivity contribution in [2.75, 3.05) is 19.8 Å². The number of nitrogens with one attached hydrogen (secondary N) is 1. The molecule has 0 unspecified atom stereocenters. The van der Waals surface area contributed by atoms with Gasteiger partial charge in [0.1, 0.15) is 24.6 Å². The van der Waals surface area contributed by atoms with Crippen LogP contribution in [0.5, 0.6) is 11.5 Å². The van der Waals surface area contributed by atoms with Crippen LogP contribution >= 0.6 is 0 Å². The summed E-state index contributed by atoms with van der Waals surface area (Å²) in [6.45, 7) is 1.76. The first kappa shape index (κ1) is 17.1. The molecule has 2 aromatic heterocycles. The third kappa shape index (κ3) is 2.99. The molecule has 1 aromatic carbocycles. The van der Waals surface area contributed by atoms with Crippen molar-refractivity contribution >= 4 is 11.6 Å². The molecular weight excluding hydrogens is 354 g/mol. The average molecular weight is 377 g/mol. The molecule has 1 amide bonds. The average Bonchev–Trinajstić information content (AvgIpc) is 3.39. The summed E-state index contributed by atoms with van der Waals surface area (Å²) in [5.41, 5.74) is 2.37. The number of carbonyl (C=O) groups excluding carboxylic acids is 1. The van der Waals surface area contributed by atoms with E-state index < -0.39 is 0 Å².